The quantitative estimate of drug-likeness (QED) is 0.680. The van der Waals surface area contributed by atoms with Crippen molar-refractivity contribution in [3.63, 3.8) is 0 Å². The molecule has 1 fully saturated rings. The summed E-state index contributed by atoms with van der Waals surface area (Å²) in [5.74, 6) is -0.760. The average molecular weight is 187 g/mol. The number of aliphatic carboxylic acids is 1. The zero-order valence-corrected chi connectivity index (χ0v) is 8.17. The third kappa shape index (κ3) is 2.42. The number of ether oxygens (including phenoxy) is 1. The Balaban J connectivity index is 2.67. The Labute approximate surface area is 78.3 Å². The Kier molecular flexibility index (Phi) is 3.27. The first-order chi connectivity index (χ1) is 6.07. The molecule has 1 rings (SSSR count). The third-order valence-electron chi connectivity index (χ3n) is 2.32. The second-order valence-corrected chi connectivity index (χ2v) is 3.80. The number of hydrogen-bond acceptors (Lipinski definition) is 3. The van der Waals surface area contributed by atoms with Crippen LogP contribution in [0.4, 0.5) is 0 Å². The van der Waals surface area contributed by atoms with Crippen molar-refractivity contribution < 1.29 is 14.6 Å². The summed E-state index contributed by atoms with van der Waals surface area (Å²) in [6, 6.07) is 0.189. The molecule has 1 heterocycles. The lowest BCUT2D eigenvalue weighted by Crippen LogP contribution is -2.57. The fourth-order valence-electron chi connectivity index (χ4n) is 1.69. The molecule has 0 amide bonds. The molecule has 0 radical (unpaired) electrons. The van der Waals surface area contributed by atoms with Gasteiger partial charge in [0.25, 0.3) is 0 Å². The fraction of sp³-hybridized carbons (Fsp3) is 0.889. The molecule has 0 aromatic heterocycles. The Morgan fingerprint density at radius 1 is 1.46 bits per heavy atom. The van der Waals surface area contributed by atoms with Crippen LogP contribution in [0.15, 0.2) is 0 Å². The van der Waals surface area contributed by atoms with Gasteiger partial charge in [0.2, 0.25) is 0 Å². The molecule has 4 heteroatoms. The first kappa shape index (κ1) is 10.5. The van der Waals surface area contributed by atoms with Crippen molar-refractivity contribution in [1.82, 2.24) is 5.32 Å². The second kappa shape index (κ2) is 4.07. The van der Waals surface area contributed by atoms with E-state index in [4.69, 9.17) is 9.84 Å². The van der Waals surface area contributed by atoms with Gasteiger partial charge in [0.05, 0.1) is 0 Å². The standard InChI is InChI=1S/C9H17NO3/c1-7(2)10-9(8(11)12)3-5-13-6-4-9/h7,10H,3-6H2,1-2H3,(H,11,12). The van der Waals surface area contributed by atoms with E-state index >= 15 is 0 Å². The van der Waals surface area contributed by atoms with Crippen LogP contribution in [0.2, 0.25) is 0 Å². The van der Waals surface area contributed by atoms with E-state index in [-0.39, 0.29) is 6.04 Å². The lowest BCUT2D eigenvalue weighted by atomic mass is 9.89. The van der Waals surface area contributed by atoms with Crippen LogP contribution >= 0.6 is 0 Å². The van der Waals surface area contributed by atoms with Crippen LogP contribution in [0.3, 0.4) is 0 Å². The Morgan fingerprint density at radius 2 is 2.00 bits per heavy atom. The first-order valence-corrected chi connectivity index (χ1v) is 4.66. The maximum atomic E-state index is 11.1. The van der Waals surface area contributed by atoms with Gasteiger partial charge in [0.15, 0.2) is 0 Å². The Bertz CT molecular complexity index is 185. The van der Waals surface area contributed by atoms with Gasteiger partial charge in [-0.3, -0.25) is 10.1 Å². The van der Waals surface area contributed by atoms with Crippen LogP contribution < -0.4 is 5.32 Å². The predicted molar refractivity (Wildman–Crippen MR) is 48.7 cm³/mol. The molecule has 1 aliphatic heterocycles. The van der Waals surface area contributed by atoms with Gasteiger partial charge in [0, 0.05) is 19.3 Å². The smallest absolute Gasteiger partial charge is 0.324 e. The van der Waals surface area contributed by atoms with Crippen molar-refractivity contribution in [2.24, 2.45) is 0 Å². The molecule has 1 aliphatic rings. The number of carboxylic acids is 1. The summed E-state index contributed by atoms with van der Waals surface area (Å²) in [4.78, 5) is 11.1. The molecule has 0 saturated carbocycles. The van der Waals surface area contributed by atoms with Crippen LogP contribution in [-0.4, -0.2) is 35.9 Å². The van der Waals surface area contributed by atoms with Crippen molar-refractivity contribution >= 4 is 5.97 Å². The predicted octanol–water partition coefficient (Wildman–Crippen LogP) is 0.618. The molecule has 0 spiro atoms. The van der Waals surface area contributed by atoms with E-state index in [1.54, 1.807) is 0 Å². The molecular weight excluding hydrogens is 170 g/mol. The van der Waals surface area contributed by atoms with E-state index in [2.05, 4.69) is 5.32 Å². The molecule has 0 bridgehead atoms. The van der Waals surface area contributed by atoms with Crippen LogP contribution in [0, 0.1) is 0 Å². The van der Waals surface area contributed by atoms with Gasteiger partial charge in [-0.2, -0.15) is 0 Å². The maximum Gasteiger partial charge on any atom is 0.324 e. The summed E-state index contributed by atoms with van der Waals surface area (Å²) in [6.07, 6.45) is 1.11. The minimum absolute atomic E-state index is 0.189. The van der Waals surface area contributed by atoms with E-state index < -0.39 is 11.5 Å². The molecule has 0 aliphatic carbocycles. The van der Waals surface area contributed by atoms with Crippen LogP contribution in [0.25, 0.3) is 0 Å². The van der Waals surface area contributed by atoms with Crippen LogP contribution in [0.1, 0.15) is 26.7 Å². The number of carbonyl (C=O) groups is 1. The highest BCUT2D eigenvalue weighted by molar-refractivity contribution is 5.79. The van der Waals surface area contributed by atoms with Crippen molar-refractivity contribution in [2.75, 3.05) is 13.2 Å². The normalized spacial score (nSPS) is 21.8. The van der Waals surface area contributed by atoms with Gasteiger partial charge in [-0.15, -0.1) is 0 Å². The van der Waals surface area contributed by atoms with Crippen molar-refractivity contribution in [3.8, 4) is 0 Å². The molecular formula is C9H17NO3. The number of carboxylic acid groups (broad SMARTS) is 1. The molecule has 4 nitrogen and oxygen atoms in total. The number of rotatable bonds is 3. The largest absolute Gasteiger partial charge is 0.480 e. The van der Waals surface area contributed by atoms with E-state index in [1.807, 2.05) is 13.8 Å². The summed E-state index contributed by atoms with van der Waals surface area (Å²) in [7, 11) is 0. The Hall–Kier alpha value is -0.610. The average Bonchev–Trinajstić information content (AvgIpc) is 2.04. The molecule has 0 unspecified atom stereocenters. The SMILES string of the molecule is CC(C)NC1(C(=O)O)CCOCC1. The van der Waals surface area contributed by atoms with Crippen molar-refractivity contribution in [1.29, 1.82) is 0 Å². The van der Waals surface area contributed by atoms with E-state index in [1.165, 1.54) is 0 Å². The van der Waals surface area contributed by atoms with Crippen molar-refractivity contribution in [2.45, 2.75) is 38.3 Å². The summed E-state index contributed by atoms with van der Waals surface area (Å²) >= 11 is 0. The lowest BCUT2D eigenvalue weighted by Gasteiger charge is -2.35. The minimum atomic E-state index is -0.760. The highest BCUT2D eigenvalue weighted by Gasteiger charge is 2.40. The highest BCUT2D eigenvalue weighted by Crippen LogP contribution is 2.21. The minimum Gasteiger partial charge on any atom is -0.480 e. The third-order valence-corrected chi connectivity index (χ3v) is 2.32. The van der Waals surface area contributed by atoms with E-state index in [9.17, 15) is 4.79 Å². The first-order valence-electron chi connectivity index (χ1n) is 4.66. The second-order valence-electron chi connectivity index (χ2n) is 3.80. The van der Waals surface area contributed by atoms with Gasteiger partial charge in [-0.05, 0) is 26.7 Å². The molecule has 0 aromatic rings. The summed E-state index contributed by atoms with van der Waals surface area (Å²) in [5, 5.41) is 12.2. The number of nitrogens with one attached hydrogen (secondary N) is 1. The van der Waals surface area contributed by atoms with E-state index in [0.29, 0.717) is 26.1 Å². The molecule has 0 atom stereocenters. The zero-order chi connectivity index (χ0) is 9.90. The molecule has 1 saturated heterocycles. The van der Waals surface area contributed by atoms with Gasteiger partial charge < -0.3 is 9.84 Å². The molecule has 2 N–H and O–H groups in total. The number of hydrogen-bond donors (Lipinski definition) is 2. The topological polar surface area (TPSA) is 58.6 Å². The summed E-state index contributed by atoms with van der Waals surface area (Å²) in [6.45, 7) is 4.98. The summed E-state index contributed by atoms with van der Waals surface area (Å²) < 4.78 is 5.15. The van der Waals surface area contributed by atoms with Gasteiger partial charge >= 0.3 is 5.97 Å². The van der Waals surface area contributed by atoms with E-state index in [0.717, 1.165) is 0 Å². The monoisotopic (exact) mass is 187 g/mol. The highest BCUT2D eigenvalue weighted by atomic mass is 16.5. The fourth-order valence-corrected chi connectivity index (χ4v) is 1.69. The van der Waals surface area contributed by atoms with Crippen LogP contribution in [0.5, 0.6) is 0 Å². The van der Waals surface area contributed by atoms with Gasteiger partial charge in [0.1, 0.15) is 5.54 Å². The van der Waals surface area contributed by atoms with Gasteiger partial charge in [-0.25, -0.2) is 0 Å². The molecule has 13 heavy (non-hydrogen) atoms. The summed E-state index contributed by atoms with van der Waals surface area (Å²) in [5.41, 5.74) is -0.758. The van der Waals surface area contributed by atoms with Crippen LogP contribution in [-0.2, 0) is 9.53 Å². The zero-order valence-electron chi connectivity index (χ0n) is 8.17. The van der Waals surface area contributed by atoms with Crippen molar-refractivity contribution in [3.05, 3.63) is 0 Å². The lowest BCUT2D eigenvalue weighted by molar-refractivity contribution is -0.149. The maximum absolute atomic E-state index is 11.1. The van der Waals surface area contributed by atoms with Gasteiger partial charge in [-0.1, -0.05) is 0 Å². The Morgan fingerprint density at radius 3 is 2.38 bits per heavy atom. The molecule has 76 valence electrons. The molecule has 0 aromatic carbocycles.